The number of rotatable bonds is 4. The lowest BCUT2D eigenvalue weighted by molar-refractivity contribution is -0.123. The van der Waals surface area contributed by atoms with E-state index in [0.717, 1.165) is 25.7 Å². The van der Waals surface area contributed by atoms with Crippen LogP contribution in [0.15, 0.2) is 54.3 Å². The lowest BCUT2D eigenvalue weighted by atomic mass is 10.1. The Kier molecular flexibility index (Phi) is 5.35. The Balaban J connectivity index is 1.61. The largest absolute Gasteiger partial charge is 0.449 e. The van der Waals surface area contributed by atoms with Gasteiger partial charge in [-0.15, -0.1) is 0 Å². The number of nitrogens with zero attached hydrogens (tertiary/aromatic N) is 1. The fourth-order valence-electron chi connectivity index (χ4n) is 3.64. The Labute approximate surface area is 168 Å². The second kappa shape index (κ2) is 8.07. The molecule has 1 fully saturated rings. The van der Waals surface area contributed by atoms with Gasteiger partial charge in [0.2, 0.25) is 5.91 Å². The van der Waals surface area contributed by atoms with Crippen molar-refractivity contribution < 1.29 is 14.3 Å². The van der Waals surface area contributed by atoms with Crippen LogP contribution in [0.5, 0.6) is 5.75 Å². The van der Waals surface area contributed by atoms with Gasteiger partial charge in [0.05, 0.1) is 5.69 Å². The molecule has 0 aromatic heterocycles. The van der Waals surface area contributed by atoms with Gasteiger partial charge in [-0.2, -0.15) is 0 Å². The summed E-state index contributed by atoms with van der Waals surface area (Å²) >= 11 is 6.22. The number of hydrogen-bond acceptors (Lipinski definition) is 3. The summed E-state index contributed by atoms with van der Waals surface area (Å²) in [6.45, 7) is -0.0461. The monoisotopic (exact) mass is 396 g/mol. The van der Waals surface area contributed by atoms with Crippen LogP contribution in [0.25, 0.3) is 6.08 Å². The number of halogens is 1. The molecule has 0 unspecified atom stereocenters. The first-order valence-electron chi connectivity index (χ1n) is 9.46. The number of carbonyl (C=O) groups is 2. The standard InChI is InChI=1S/C22H21ClN2O3/c23-17-10-4-1-7-15(17)13-20-22(27)25(18-11-5-6-12-19(18)28-20)14-21(26)24-16-8-2-3-9-16/h1,4-7,10-13,16H,2-3,8-9,14H2,(H,24,26)/b20-13+. The third kappa shape index (κ3) is 3.90. The molecule has 4 rings (SSSR count). The van der Waals surface area contributed by atoms with Gasteiger partial charge in [0.1, 0.15) is 6.54 Å². The van der Waals surface area contributed by atoms with Gasteiger partial charge in [-0.3, -0.25) is 14.5 Å². The zero-order chi connectivity index (χ0) is 19.5. The van der Waals surface area contributed by atoms with E-state index in [1.54, 1.807) is 24.3 Å². The molecule has 0 radical (unpaired) electrons. The molecule has 2 aromatic rings. The van der Waals surface area contributed by atoms with Crippen molar-refractivity contribution >= 4 is 35.2 Å². The third-order valence-electron chi connectivity index (χ3n) is 5.05. The highest BCUT2D eigenvalue weighted by molar-refractivity contribution is 6.32. The van der Waals surface area contributed by atoms with Gasteiger partial charge >= 0.3 is 0 Å². The van der Waals surface area contributed by atoms with Gasteiger partial charge in [-0.25, -0.2) is 0 Å². The number of benzene rings is 2. The van der Waals surface area contributed by atoms with Crippen LogP contribution in [0.4, 0.5) is 5.69 Å². The molecule has 1 heterocycles. The van der Waals surface area contributed by atoms with Crippen LogP contribution in [0.2, 0.25) is 5.02 Å². The third-order valence-corrected chi connectivity index (χ3v) is 5.39. The molecule has 1 aliphatic carbocycles. The molecular weight excluding hydrogens is 376 g/mol. The summed E-state index contributed by atoms with van der Waals surface area (Å²) in [4.78, 5) is 27.1. The van der Waals surface area contributed by atoms with Crippen molar-refractivity contribution in [2.75, 3.05) is 11.4 Å². The summed E-state index contributed by atoms with van der Waals surface area (Å²) < 4.78 is 5.83. The molecular formula is C22H21ClN2O3. The number of amides is 2. The summed E-state index contributed by atoms with van der Waals surface area (Å²) in [6, 6.07) is 14.6. The van der Waals surface area contributed by atoms with Crippen molar-refractivity contribution in [3.05, 3.63) is 64.9 Å². The van der Waals surface area contributed by atoms with Gasteiger partial charge in [0.25, 0.3) is 5.91 Å². The minimum absolute atomic E-state index is 0.0461. The number of fused-ring (bicyclic) bond motifs is 1. The van der Waals surface area contributed by atoms with E-state index in [1.807, 2.05) is 30.3 Å². The van der Waals surface area contributed by atoms with Crippen molar-refractivity contribution in [2.45, 2.75) is 31.7 Å². The Morgan fingerprint density at radius 3 is 2.64 bits per heavy atom. The number of nitrogens with one attached hydrogen (secondary N) is 1. The molecule has 28 heavy (non-hydrogen) atoms. The molecule has 1 aliphatic heterocycles. The van der Waals surface area contributed by atoms with E-state index in [1.165, 1.54) is 4.90 Å². The highest BCUT2D eigenvalue weighted by Crippen LogP contribution is 2.35. The number of ether oxygens (including phenoxy) is 1. The number of hydrogen-bond donors (Lipinski definition) is 1. The minimum atomic E-state index is -0.361. The highest BCUT2D eigenvalue weighted by atomic mass is 35.5. The van der Waals surface area contributed by atoms with Crippen molar-refractivity contribution in [3.8, 4) is 5.75 Å². The minimum Gasteiger partial charge on any atom is -0.449 e. The maximum atomic E-state index is 13.1. The van der Waals surface area contributed by atoms with Crippen LogP contribution in [-0.4, -0.2) is 24.4 Å². The molecule has 5 nitrogen and oxygen atoms in total. The van der Waals surface area contributed by atoms with Gasteiger partial charge in [0.15, 0.2) is 11.5 Å². The molecule has 2 aliphatic rings. The van der Waals surface area contributed by atoms with Gasteiger partial charge < -0.3 is 10.1 Å². The first kappa shape index (κ1) is 18.6. The molecule has 6 heteroatoms. The molecule has 144 valence electrons. The van der Waals surface area contributed by atoms with Crippen LogP contribution >= 0.6 is 11.6 Å². The molecule has 0 saturated heterocycles. The van der Waals surface area contributed by atoms with E-state index in [4.69, 9.17) is 16.3 Å². The van der Waals surface area contributed by atoms with Gasteiger partial charge in [0, 0.05) is 11.1 Å². The van der Waals surface area contributed by atoms with E-state index in [0.29, 0.717) is 22.0 Å². The van der Waals surface area contributed by atoms with Crippen molar-refractivity contribution in [1.29, 1.82) is 0 Å². The molecule has 0 atom stereocenters. The maximum absolute atomic E-state index is 13.1. The van der Waals surface area contributed by atoms with Crippen molar-refractivity contribution in [2.24, 2.45) is 0 Å². The van der Waals surface area contributed by atoms with Crippen LogP contribution in [0.1, 0.15) is 31.2 Å². The quantitative estimate of drug-likeness (QED) is 0.789. The normalized spacial score (nSPS) is 18.1. The lowest BCUT2D eigenvalue weighted by Crippen LogP contribution is -2.46. The van der Waals surface area contributed by atoms with Crippen molar-refractivity contribution in [3.63, 3.8) is 0 Å². The predicted molar refractivity (Wildman–Crippen MR) is 109 cm³/mol. The molecule has 2 aromatic carbocycles. The zero-order valence-electron chi connectivity index (χ0n) is 15.4. The second-order valence-electron chi connectivity index (χ2n) is 7.04. The Hall–Kier alpha value is -2.79. The summed E-state index contributed by atoms with van der Waals surface area (Å²) in [6.07, 6.45) is 5.88. The number of para-hydroxylation sites is 2. The Morgan fingerprint density at radius 1 is 1.14 bits per heavy atom. The molecule has 0 spiro atoms. The average molecular weight is 397 g/mol. The second-order valence-corrected chi connectivity index (χ2v) is 7.45. The fourth-order valence-corrected chi connectivity index (χ4v) is 3.83. The molecule has 1 N–H and O–H groups in total. The van der Waals surface area contributed by atoms with E-state index in [-0.39, 0.29) is 30.2 Å². The van der Waals surface area contributed by atoms with Crippen LogP contribution in [0.3, 0.4) is 0 Å². The molecule has 1 saturated carbocycles. The van der Waals surface area contributed by atoms with E-state index < -0.39 is 0 Å². The summed E-state index contributed by atoms with van der Waals surface area (Å²) in [5.41, 5.74) is 1.27. The molecule has 2 amide bonds. The zero-order valence-corrected chi connectivity index (χ0v) is 16.1. The topological polar surface area (TPSA) is 58.6 Å². The summed E-state index contributed by atoms with van der Waals surface area (Å²) in [5.74, 6) is 0.156. The SMILES string of the molecule is O=C(CN1C(=O)/C(=C\c2ccccc2Cl)Oc2ccccc21)NC1CCCC1. The first-order valence-corrected chi connectivity index (χ1v) is 9.84. The van der Waals surface area contributed by atoms with E-state index in [2.05, 4.69) is 5.32 Å². The van der Waals surface area contributed by atoms with Crippen molar-refractivity contribution in [1.82, 2.24) is 5.32 Å². The van der Waals surface area contributed by atoms with Crippen LogP contribution in [0, 0.1) is 0 Å². The van der Waals surface area contributed by atoms with E-state index in [9.17, 15) is 9.59 Å². The Morgan fingerprint density at radius 2 is 1.86 bits per heavy atom. The lowest BCUT2D eigenvalue weighted by Gasteiger charge is -2.30. The Bertz CT molecular complexity index is 935. The average Bonchev–Trinajstić information content (AvgIpc) is 3.19. The highest BCUT2D eigenvalue weighted by Gasteiger charge is 2.32. The number of anilines is 1. The maximum Gasteiger partial charge on any atom is 0.294 e. The van der Waals surface area contributed by atoms with Gasteiger partial charge in [-0.1, -0.05) is 54.8 Å². The van der Waals surface area contributed by atoms with Crippen LogP contribution in [-0.2, 0) is 9.59 Å². The van der Waals surface area contributed by atoms with E-state index >= 15 is 0 Å². The van der Waals surface area contributed by atoms with Crippen LogP contribution < -0.4 is 15.0 Å². The summed E-state index contributed by atoms with van der Waals surface area (Å²) in [5, 5.41) is 3.56. The summed E-state index contributed by atoms with van der Waals surface area (Å²) in [7, 11) is 0. The fraction of sp³-hybridized carbons (Fsp3) is 0.273. The molecule has 0 bridgehead atoms. The smallest absolute Gasteiger partial charge is 0.294 e. The van der Waals surface area contributed by atoms with Gasteiger partial charge in [-0.05, 0) is 42.7 Å². The number of carbonyl (C=O) groups excluding carboxylic acids is 2. The predicted octanol–water partition coefficient (Wildman–Crippen LogP) is 4.17. The first-order chi connectivity index (χ1) is 13.6.